The Bertz CT molecular complexity index is 1170. The second-order valence-electron chi connectivity index (χ2n) is 8.46. The summed E-state index contributed by atoms with van der Waals surface area (Å²) in [5.41, 5.74) is 5.05. The summed E-state index contributed by atoms with van der Waals surface area (Å²) in [7, 11) is 17.2. The molecule has 28 heavy (non-hydrogen) atoms. The highest BCUT2D eigenvalue weighted by Crippen LogP contribution is 2.52. The molecule has 0 bridgehead atoms. The molecule has 146 valence electrons. The molecule has 0 fully saturated rings. The maximum atomic E-state index is 2.34. The van der Waals surface area contributed by atoms with Gasteiger partial charge in [0.15, 0.2) is 0 Å². The lowest BCUT2D eigenvalue weighted by atomic mass is 9.89. The van der Waals surface area contributed by atoms with Crippen LogP contribution in [-0.2, 0) is 0 Å². The number of rotatable bonds is 4. The Morgan fingerprint density at radius 2 is 1.11 bits per heavy atom. The number of benzene rings is 4. The minimum Gasteiger partial charge on any atom is -0.377 e. The lowest BCUT2D eigenvalue weighted by molar-refractivity contribution is 1.06. The summed E-state index contributed by atoms with van der Waals surface area (Å²) in [5, 5.41) is 7.94. The van der Waals surface area contributed by atoms with Gasteiger partial charge in [0.2, 0.25) is 0 Å². The lowest BCUT2D eigenvalue weighted by Gasteiger charge is -2.33. The summed E-state index contributed by atoms with van der Waals surface area (Å²) in [6, 6.07) is 13.5. The minimum atomic E-state index is 1.25. The third-order valence-electron chi connectivity index (χ3n) is 5.64. The molecule has 0 heterocycles. The predicted molar refractivity (Wildman–Crippen MR) is 127 cm³/mol. The molecule has 4 aromatic carbocycles. The molecule has 0 radical (unpaired) electrons. The smallest absolute Gasteiger partial charge is 0.0849 e. The SMILES string of the molecule is CN(C)c1c(N(C)C)c2ccc3cccc4cc(N(C)C)c(c1N(C)C)c2c34. The number of hydrogen-bond acceptors (Lipinski definition) is 4. The summed E-state index contributed by atoms with van der Waals surface area (Å²) in [6.45, 7) is 0. The third-order valence-corrected chi connectivity index (χ3v) is 5.64. The standard InChI is InChI=1S/C24H30N4/c1-25(2)18-14-16-11-9-10-15-12-13-17-20(19(15)16)21(18)23(27(5)6)24(28(7)8)22(17)26(3)4/h9-14H,1-8H3. The zero-order valence-corrected chi connectivity index (χ0v) is 18.3. The summed E-state index contributed by atoms with van der Waals surface area (Å²) < 4.78 is 0. The highest BCUT2D eigenvalue weighted by Gasteiger charge is 2.26. The molecule has 0 atom stereocenters. The normalized spacial score (nSPS) is 11.6. The van der Waals surface area contributed by atoms with Crippen LogP contribution in [0.15, 0.2) is 36.4 Å². The maximum absolute atomic E-state index is 2.34. The van der Waals surface area contributed by atoms with Crippen LogP contribution in [-0.4, -0.2) is 56.4 Å². The molecular formula is C24H30N4. The Balaban J connectivity index is 2.44. The van der Waals surface area contributed by atoms with E-state index in [0.717, 1.165) is 0 Å². The number of nitrogens with zero attached hydrogens (tertiary/aromatic N) is 4. The van der Waals surface area contributed by atoms with Gasteiger partial charge in [-0.15, -0.1) is 0 Å². The largest absolute Gasteiger partial charge is 0.377 e. The fraction of sp³-hybridized carbons (Fsp3) is 0.333. The first kappa shape index (κ1) is 18.5. The minimum absolute atomic E-state index is 1.25. The highest BCUT2D eigenvalue weighted by atomic mass is 15.2. The van der Waals surface area contributed by atoms with Crippen molar-refractivity contribution in [1.29, 1.82) is 0 Å². The molecule has 0 N–H and O–H groups in total. The fourth-order valence-electron chi connectivity index (χ4n) is 4.59. The van der Waals surface area contributed by atoms with E-state index in [9.17, 15) is 0 Å². The molecule has 4 nitrogen and oxygen atoms in total. The first-order valence-corrected chi connectivity index (χ1v) is 9.70. The van der Waals surface area contributed by atoms with Crippen molar-refractivity contribution >= 4 is 55.1 Å². The van der Waals surface area contributed by atoms with E-state index in [4.69, 9.17) is 0 Å². The molecule has 0 aliphatic rings. The van der Waals surface area contributed by atoms with Crippen LogP contribution in [0.5, 0.6) is 0 Å². The van der Waals surface area contributed by atoms with Crippen LogP contribution >= 0.6 is 0 Å². The molecule has 0 unspecified atom stereocenters. The maximum Gasteiger partial charge on any atom is 0.0849 e. The zero-order chi connectivity index (χ0) is 20.3. The van der Waals surface area contributed by atoms with Gasteiger partial charge in [0.25, 0.3) is 0 Å². The van der Waals surface area contributed by atoms with E-state index in [2.05, 4.69) is 112 Å². The van der Waals surface area contributed by atoms with Crippen molar-refractivity contribution in [3.8, 4) is 0 Å². The summed E-state index contributed by atoms with van der Waals surface area (Å²) >= 11 is 0. The van der Waals surface area contributed by atoms with Crippen LogP contribution in [0.3, 0.4) is 0 Å². The Morgan fingerprint density at radius 3 is 1.68 bits per heavy atom. The molecule has 0 saturated heterocycles. The van der Waals surface area contributed by atoms with Gasteiger partial charge in [-0.05, 0) is 22.2 Å². The monoisotopic (exact) mass is 374 g/mol. The van der Waals surface area contributed by atoms with E-state index < -0.39 is 0 Å². The van der Waals surface area contributed by atoms with Crippen LogP contribution in [0, 0.1) is 0 Å². The first-order chi connectivity index (χ1) is 13.2. The van der Waals surface area contributed by atoms with E-state index in [0.29, 0.717) is 0 Å². The summed E-state index contributed by atoms with van der Waals surface area (Å²) in [5.74, 6) is 0. The van der Waals surface area contributed by atoms with Gasteiger partial charge in [-0.2, -0.15) is 0 Å². The second kappa shape index (κ2) is 6.33. The van der Waals surface area contributed by atoms with Crippen LogP contribution in [0.4, 0.5) is 22.7 Å². The third kappa shape index (κ3) is 2.44. The quantitative estimate of drug-likeness (QED) is 0.474. The van der Waals surface area contributed by atoms with E-state index in [-0.39, 0.29) is 0 Å². The fourth-order valence-corrected chi connectivity index (χ4v) is 4.59. The van der Waals surface area contributed by atoms with Gasteiger partial charge in [-0.25, -0.2) is 0 Å². The van der Waals surface area contributed by atoms with Gasteiger partial charge in [0.05, 0.1) is 17.1 Å². The van der Waals surface area contributed by atoms with Crippen LogP contribution < -0.4 is 19.6 Å². The molecule has 0 amide bonds. The van der Waals surface area contributed by atoms with Gasteiger partial charge in [0, 0.05) is 78.2 Å². The van der Waals surface area contributed by atoms with Crippen molar-refractivity contribution in [3.63, 3.8) is 0 Å². The molecule has 0 aliphatic carbocycles. The summed E-state index contributed by atoms with van der Waals surface area (Å²) in [6.07, 6.45) is 0. The number of hydrogen-bond donors (Lipinski definition) is 0. The van der Waals surface area contributed by atoms with Crippen LogP contribution in [0.25, 0.3) is 32.3 Å². The van der Waals surface area contributed by atoms with Gasteiger partial charge < -0.3 is 19.6 Å². The van der Waals surface area contributed by atoms with Crippen molar-refractivity contribution in [2.75, 3.05) is 76.0 Å². The second-order valence-corrected chi connectivity index (χ2v) is 8.46. The van der Waals surface area contributed by atoms with Crippen molar-refractivity contribution in [1.82, 2.24) is 0 Å². The predicted octanol–water partition coefficient (Wildman–Crippen LogP) is 4.85. The molecule has 0 aliphatic heterocycles. The Morgan fingerprint density at radius 1 is 0.500 bits per heavy atom. The van der Waals surface area contributed by atoms with E-state index >= 15 is 0 Å². The van der Waals surface area contributed by atoms with Gasteiger partial charge in [-0.1, -0.05) is 30.3 Å². The van der Waals surface area contributed by atoms with E-state index in [1.807, 2.05) is 0 Å². The van der Waals surface area contributed by atoms with Crippen LogP contribution in [0.1, 0.15) is 0 Å². The van der Waals surface area contributed by atoms with Crippen LogP contribution in [0.2, 0.25) is 0 Å². The highest BCUT2D eigenvalue weighted by molar-refractivity contribution is 6.33. The number of anilines is 4. The molecular weight excluding hydrogens is 344 g/mol. The molecule has 4 heteroatoms. The van der Waals surface area contributed by atoms with Crippen molar-refractivity contribution < 1.29 is 0 Å². The van der Waals surface area contributed by atoms with Gasteiger partial charge in [-0.3, -0.25) is 0 Å². The Kier molecular flexibility index (Phi) is 4.18. The molecule has 0 aromatic heterocycles. The average Bonchev–Trinajstić information content (AvgIpc) is 2.63. The van der Waals surface area contributed by atoms with Crippen molar-refractivity contribution in [3.05, 3.63) is 36.4 Å². The first-order valence-electron chi connectivity index (χ1n) is 9.70. The average molecular weight is 375 g/mol. The molecule has 0 spiro atoms. The molecule has 4 rings (SSSR count). The van der Waals surface area contributed by atoms with E-state index in [1.165, 1.54) is 55.1 Å². The van der Waals surface area contributed by atoms with Crippen molar-refractivity contribution in [2.24, 2.45) is 0 Å². The van der Waals surface area contributed by atoms with Gasteiger partial charge >= 0.3 is 0 Å². The molecule has 4 aromatic rings. The Hall–Kier alpha value is -2.88. The zero-order valence-electron chi connectivity index (χ0n) is 18.3. The lowest BCUT2D eigenvalue weighted by Crippen LogP contribution is -2.22. The summed E-state index contributed by atoms with van der Waals surface area (Å²) in [4.78, 5) is 9.01. The van der Waals surface area contributed by atoms with Gasteiger partial charge in [0.1, 0.15) is 0 Å². The molecule has 0 saturated carbocycles. The van der Waals surface area contributed by atoms with E-state index in [1.54, 1.807) is 0 Å². The Labute approximate surface area is 167 Å². The van der Waals surface area contributed by atoms with Crippen molar-refractivity contribution in [2.45, 2.75) is 0 Å². The topological polar surface area (TPSA) is 13.0 Å².